The maximum atomic E-state index is 12.9. The number of aliphatic hydroxyl groups excluding tert-OH is 1. The Balaban J connectivity index is 0.000000188. The minimum absolute atomic E-state index is 0.208. The number of hydrogen-bond acceptors (Lipinski definition) is 3. The smallest absolute Gasteiger partial charge is 0.123 e. The molecule has 0 spiro atoms. The summed E-state index contributed by atoms with van der Waals surface area (Å²) >= 11 is 0. The van der Waals surface area contributed by atoms with Gasteiger partial charge in [0, 0.05) is 12.2 Å². The van der Waals surface area contributed by atoms with Gasteiger partial charge in [-0.1, -0.05) is 31.2 Å². The molecule has 5 heteroatoms. The van der Waals surface area contributed by atoms with Crippen LogP contribution in [0.15, 0.2) is 72.8 Å². The van der Waals surface area contributed by atoms with E-state index in [9.17, 15) is 19.0 Å². The van der Waals surface area contributed by atoms with Crippen LogP contribution in [0.5, 0.6) is 5.75 Å². The Morgan fingerprint density at radius 1 is 0.897 bits per heavy atom. The van der Waals surface area contributed by atoms with E-state index in [1.807, 2.05) is 31.2 Å². The molecule has 1 aliphatic heterocycles. The number of nitrogens with zero attached hydrogens (tertiary/aromatic N) is 1. The van der Waals surface area contributed by atoms with Crippen molar-refractivity contribution in [2.24, 2.45) is 0 Å². The fourth-order valence-electron chi connectivity index (χ4n) is 3.29. The fraction of sp³-hybridized carbons (Fsp3) is 0.250. The second kappa shape index (κ2) is 9.52. The van der Waals surface area contributed by atoms with Crippen molar-refractivity contribution in [2.75, 3.05) is 11.4 Å². The van der Waals surface area contributed by atoms with Gasteiger partial charge >= 0.3 is 0 Å². The van der Waals surface area contributed by atoms with Crippen molar-refractivity contribution in [3.05, 3.63) is 95.6 Å². The van der Waals surface area contributed by atoms with Crippen molar-refractivity contribution in [2.45, 2.75) is 31.9 Å². The maximum absolute atomic E-state index is 12.9. The molecule has 4 rings (SSSR count). The SMILES string of the molecule is CC[C@H](O)c1ccc(F)cc1.Oc1ccc(C2CCN2c2ccc(F)cc2)cc1. The highest BCUT2D eigenvalue weighted by molar-refractivity contribution is 5.52. The Morgan fingerprint density at radius 2 is 1.45 bits per heavy atom. The number of aliphatic hydroxyl groups is 1. The molecule has 0 radical (unpaired) electrons. The molecule has 29 heavy (non-hydrogen) atoms. The molecule has 3 aromatic rings. The Kier molecular flexibility index (Phi) is 6.83. The molecule has 1 heterocycles. The Labute approximate surface area is 169 Å². The molecule has 2 N–H and O–H groups in total. The standard InChI is InChI=1S/C15H14FNO.C9H11FO/c16-12-3-5-13(6-4-12)17-10-9-15(17)11-1-7-14(18)8-2-11;1-2-9(11)7-3-5-8(10)6-4-7/h1-8,15,18H,9-10H2;3-6,9,11H,2H2,1H3/t;9-/m.0/s1. The predicted octanol–water partition coefficient (Wildman–Crippen LogP) is 5.75. The zero-order chi connectivity index (χ0) is 20.8. The van der Waals surface area contributed by atoms with Crippen LogP contribution >= 0.6 is 0 Å². The van der Waals surface area contributed by atoms with Crippen molar-refractivity contribution in [1.82, 2.24) is 0 Å². The lowest BCUT2D eigenvalue weighted by atomic mass is 9.94. The van der Waals surface area contributed by atoms with Gasteiger partial charge in [-0.2, -0.15) is 0 Å². The van der Waals surface area contributed by atoms with Gasteiger partial charge in [0.1, 0.15) is 17.4 Å². The number of anilines is 1. The summed E-state index contributed by atoms with van der Waals surface area (Å²) in [5.41, 5.74) is 3.00. The van der Waals surface area contributed by atoms with Crippen LogP contribution in [-0.4, -0.2) is 16.8 Å². The normalized spacial score (nSPS) is 16.4. The number of phenols is 1. The number of phenolic OH excluding ortho intramolecular Hbond substituents is 1. The van der Waals surface area contributed by atoms with E-state index in [-0.39, 0.29) is 17.4 Å². The molecule has 0 amide bonds. The van der Waals surface area contributed by atoms with Gasteiger partial charge in [-0.3, -0.25) is 0 Å². The van der Waals surface area contributed by atoms with Crippen molar-refractivity contribution in [3.8, 4) is 5.75 Å². The molecule has 2 atom stereocenters. The van der Waals surface area contributed by atoms with E-state index in [4.69, 9.17) is 0 Å². The summed E-state index contributed by atoms with van der Waals surface area (Å²) in [5.74, 6) is -0.191. The number of rotatable bonds is 4. The van der Waals surface area contributed by atoms with Gasteiger partial charge in [0.25, 0.3) is 0 Å². The molecule has 1 unspecified atom stereocenters. The predicted molar refractivity (Wildman–Crippen MR) is 111 cm³/mol. The van der Waals surface area contributed by atoms with Crippen LogP contribution in [0.4, 0.5) is 14.5 Å². The first-order valence-corrected chi connectivity index (χ1v) is 9.72. The third-order valence-corrected chi connectivity index (χ3v) is 5.10. The third-order valence-electron chi connectivity index (χ3n) is 5.10. The highest BCUT2D eigenvalue weighted by Crippen LogP contribution is 2.37. The van der Waals surface area contributed by atoms with Gasteiger partial charge in [-0.15, -0.1) is 0 Å². The van der Waals surface area contributed by atoms with Crippen LogP contribution in [0.25, 0.3) is 0 Å². The first kappa shape index (κ1) is 20.8. The first-order valence-electron chi connectivity index (χ1n) is 9.72. The second-order valence-electron chi connectivity index (χ2n) is 7.04. The average molecular weight is 397 g/mol. The van der Waals surface area contributed by atoms with Crippen LogP contribution < -0.4 is 4.90 Å². The molecule has 3 aromatic carbocycles. The van der Waals surface area contributed by atoms with E-state index in [1.54, 1.807) is 24.3 Å². The summed E-state index contributed by atoms with van der Waals surface area (Å²) in [6.07, 6.45) is 1.28. The molecule has 152 valence electrons. The fourth-order valence-corrected chi connectivity index (χ4v) is 3.29. The zero-order valence-electron chi connectivity index (χ0n) is 16.3. The van der Waals surface area contributed by atoms with Crippen LogP contribution in [-0.2, 0) is 0 Å². The lowest BCUT2D eigenvalue weighted by Crippen LogP contribution is -2.40. The van der Waals surface area contributed by atoms with E-state index in [0.29, 0.717) is 12.5 Å². The monoisotopic (exact) mass is 397 g/mol. The molecule has 0 aromatic heterocycles. The minimum atomic E-state index is -0.462. The molecular formula is C24H25F2NO2. The summed E-state index contributed by atoms with van der Waals surface area (Å²) < 4.78 is 25.3. The van der Waals surface area contributed by atoms with Crippen LogP contribution in [0.1, 0.15) is 43.0 Å². The van der Waals surface area contributed by atoms with Gasteiger partial charge in [0.2, 0.25) is 0 Å². The number of aromatic hydroxyl groups is 1. The van der Waals surface area contributed by atoms with Gasteiger partial charge in [0.15, 0.2) is 0 Å². The molecule has 1 aliphatic rings. The van der Waals surface area contributed by atoms with Crippen LogP contribution in [0.3, 0.4) is 0 Å². The van der Waals surface area contributed by atoms with Gasteiger partial charge in [0.05, 0.1) is 12.1 Å². The van der Waals surface area contributed by atoms with Crippen molar-refractivity contribution >= 4 is 5.69 Å². The van der Waals surface area contributed by atoms with E-state index < -0.39 is 6.10 Å². The van der Waals surface area contributed by atoms with Crippen molar-refractivity contribution < 1.29 is 19.0 Å². The molecule has 3 nitrogen and oxygen atoms in total. The maximum Gasteiger partial charge on any atom is 0.123 e. The summed E-state index contributed by atoms with van der Waals surface area (Å²) in [7, 11) is 0. The van der Waals surface area contributed by atoms with E-state index in [0.717, 1.165) is 24.2 Å². The molecule has 0 saturated carbocycles. The van der Waals surface area contributed by atoms with Gasteiger partial charge < -0.3 is 15.1 Å². The largest absolute Gasteiger partial charge is 0.508 e. The average Bonchev–Trinajstić information content (AvgIpc) is 2.71. The quantitative estimate of drug-likeness (QED) is 0.589. The third kappa shape index (κ3) is 5.33. The van der Waals surface area contributed by atoms with E-state index >= 15 is 0 Å². The van der Waals surface area contributed by atoms with Crippen molar-refractivity contribution in [3.63, 3.8) is 0 Å². The Morgan fingerprint density at radius 3 is 1.93 bits per heavy atom. The second-order valence-corrected chi connectivity index (χ2v) is 7.04. The zero-order valence-corrected chi connectivity index (χ0v) is 16.3. The number of hydrogen-bond donors (Lipinski definition) is 2. The summed E-state index contributed by atoms with van der Waals surface area (Å²) in [6, 6.07) is 20.1. The number of benzene rings is 3. The lowest BCUT2D eigenvalue weighted by molar-refractivity contribution is 0.173. The van der Waals surface area contributed by atoms with Crippen LogP contribution in [0.2, 0.25) is 0 Å². The molecule has 0 bridgehead atoms. The number of halogens is 2. The summed E-state index contributed by atoms with van der Waals surface area (Å²) in [6.45, 7) is 2.87. The van der Waals surface area contributed by atoms with E-state index in [2.05, 4.69) is 4.90 Å². The topological polar surface area (TPSA) is 43.7 Å². The minimum Gasteiger partial charge on any atom is -0.508 e. The Bertz CT molecular complexity index is 844. The Hall–Kier alpha value is -2.92. The summed E-state index contributed by atoms with van der Waals surface area (Å²) in [4.78, 5) is 2.24. The first-order chi connectivity index (χ1) is 14.0. The highest BCUT2D eigenvalue weighted by Gasteiger charge is 2.29. The molecule has 0 aliphatic carbocycles. The lowest BCUT2D eigenvalue weighted by Gasteiger charge is -2.43. The van der Waals surface area contributed by atoms with Crippen LogP contribution in [0, 0.1) is 11.6 Å². The highest BCUT2D eigenvalue weighted by atomic mass is 19.1. The van der Waals surface area contributed by atoms with Gasteiger partial charge in [-0.05, 0) is 72.5 Å². The molecule has 1 fully saturated rings. The van der Waals surface area contributed by atoms with E-state index in [1.165, 1.54) is 29.8 Å². The molecule has 1 saturated heterocycles. The molecular weight excluding hydrogens is 372 g/mol. The van der Waals surface area contributed by atoms with Gasteiger partial charge in [-0.25, -0.2) is 8.78 Å². The van der Waals surface area contributed by atoms with Crippen molar-refractivity contribution in [1.29, 1.82) is 0 Å². The summed E-state index contributed by atoms with van der Waals surface area (Å²) in [5, 5.41) is 18.6.